The highest BCUT2D eigenvalue weighted by atomic mass is 32.1. The summed E-state index contributed by atoms with van der Waals surface area (Å²) in [6.07, 6.45) is 1.90. The van der Waals surface area contributed by atoms with Crippen molar-refractivity contribution >= 4 is 17.6 Å². The zero-order valence-electron chi connectivity index (χ0n) is 11.8. The van der Waals surface area contributed by atoms with Gasteiger partial charge in [0.05, 0.1) is 11.5 Å². The first kappa shape index (κ1) is 14.8. The number of nitrogens with zero attached hydrogens (tertiary/aromatic N) is 1. The third-order valence-corrected chi connectivity index (χ3v) is 3.80. The Bertz CT molecular complexity index is 546. The van der Waals surface area contributed by atoms with E-state index in [1.807, 2.05) is 35.7 Å². The minimum atomic E-state index is 0.727. The summed E-state index contributed by atoms with van der Waals surface area (Å²) in [5.41, 5.74) is 2.19. The molecule has 0 radical (unpaired) electrons. The van der Waals surface area contributed by atoms with E-state index in [0.717, 1.165) is 47.6 Å². The predicted molar refractivity (Wildman–Crippen MR) is 83.8 cm³/mol. The second-order valence-electron chi connectivity index (χ2n) is 4.89. The normalized spacial score (nSPS) is 10.8. The molecule has 0 spiro atoms. The lowest BCUT2D eigenvalue weighted by molar-refractivity contribution is 0.112. The number of carbonyl (C=O) groups excluding carboxylic acids is 1. The molecule has 0 atom stereocenters. The molecule has 0 aliphatic rings. The van der Waals surface area contributed by atoms with E-state index in [9.17, 15) is 4.79 Å². The minimum Gasteiger partial charge on any atom is -0.494 e. The Kier molecular flexibility index (Phi) is 5.32. The van der Waals surface area contributed by atoms with Crippen LogP contribution < -0.4 is 4.74 Å². The predicted octanol–water partition coefficient (Wildman–Crippen LogP) is 3.56. The standard InChI is InChI=1S/C16H19NO2S/c1-17(2)8-3-9-19-15-6-4-13(5-7-15)14-10-16(11-18)20-12-14/h4-7,10-12H,3,8-9H2,1-2H3. The molecule has 0 fully saturated rings. The van der Waals surface area contributed by atoms with E-state index in [1.54, 1.807) is 0 Å². The number of hydrogen-bond donors (Lipinski definition) is 0. The lowest BCUT2D eigenvalue weighted by Gasteiger charge is -2.10. The summed E-state index contributed by atoms with van der Waals surface area (Å²) in [6, 6.07) is 9.91. The molecular formula is C16H19NO2S. The maximum atomic E-state index is 10.7. The second-order valence-corrected chi connectivity index (χ2v) is 5.83. The Labute approximate surface area is 123 Å². The van der Waals surface area contributed by atoms with E-state index in [0.29, 0.717) is 0 Å². The van der Waals surface area contributed by atoms with Crippen molar-refractivity contribution in [3.05, 3.63) is 40.6 Å². The second kappa shape index (κ2) is 7.22. The maximum absolute atomic E-state index is 10.7. The number of benzene rings is 1. The molecule has 0 saturated carbocycles. The molecule has 0 bridgehead atoms. The molecule has 0 aliphatic heterocycles. The highest BCUT2D eigenvalue weighted by molar-refractivity contribution is 7.12. The van der Waals surface area contributed by atoms with Crippen molar-refractivity contribution in [1.82, 2.24) is 4.90 Å². The molecule has 20 heavy (non-hydrogen) atoms. The van der Waals surface area contributed by atoms with Crippen molar-refractivity contribution in [2.75, 3.05) is 27.2 Å². The van der Waals surface area contributed by atoms with Gasteiger partial charge in [0.2, 0.25) is 0 Å². The number of hydrogen-bond acceptors (Lipinski definition) is 4. The molecule has 0 N–H and O–H groups in total. The average molecular weight is 289 g/mol. The Morgan fingerprint density at radius 2 is 1.95 bits per heavy atom. The van der Waals surface area contributed by atoms with Crippen molar-refractivity contribution in [1.29, 1.82) is 0 Å². The van der Waals surface area contributed by atoms with Gasteiger partial charge in [-0.25, -0.2) is 0 Å². The summed E-state index contributed by atoms with van der Waals surface area (Å²) < 4.78 is 5.69. The number of ether oxygens (including phenoxy) is 1. The quantitative estimate of drug-likeness (QED) is 0.576. The zero-order valence-corrected chi connectivity index (χ0v) is 12.7. The molecule has 1 heterocycles. The van der Waals surface area contributed by atoms with E-state index >= 15 is 0 Å². The molecule has 3 nitrogen and oxygen atoms in total. The smallest absolute Gasteiger partial charge is 0.160 e. The summed E-state index contributed by atoms with van der Waals surface area (Å²) >= 11 is 1.46. The van der Waals surface area contributed by atoms with E-state index in [4.69, 9.17) is 4.74 Å². The molecule has 2 aromatic rings. The highest BCUT2D eigenvalue weighted by Gasteiger charge is 2.02. The third kappa shape index (κ3) is 4.18. The molecule has 106 valence electrons. The summed E-state index contributed by atoms with van der Waals surface area (Å²) in [6.45, 7) is 1.76. The van der Waals surface area contributed by atoms with Crippen LogP contribution in [0.5, 0.6) is 5.75 Å². The average Bonchev–Trinajstić information content (AvgIpc) is 2.93. The fraction of sp³-hybridized carbons (Fsp3) is 0.312. The molecule has 2 rings (SSSR count). The van der Waals surface area contributed by atoms with Gasteiger partial charge in [0.25, 0.3) is 0 Å². The molecule has 1 aromatic heterocycles. The van der Waals surface area contributed by atoms with E-state index in [-0.39, 0.29) is 0 Å². The molecule has 1 aromatic carbocycles. The highest BCUT2D eigenvalue weighted by Crippen LogP contribution is 2.26. The van der Waals surface area contributed by atoms with Crippen LogP contribution in [0.4, 0.5) is 0 Å². The number of carbonyl (C=O) groups is 1. The van der Waals surface area contributed by atoms with Gasteiger partial charge in [-0.05, 0) is 55.2 Å². The minimum absolute atomic E-state index is 0.727. The van der Waals surface area contributed by atoms with Crippen LogP contribution in [0.3, 0.4) is 0 Å². The van der Waals surface area contributed by atoms with Crippen LogP contribution in [-0.2, 0) is 0 Å². The van der Waals surface area contributed by atoms with Crippen LogP contribution in [0.15, 0.2) is 35.7 Å². The van der Waals surface area contributed by atoms with E-state index in [2.05, 4.69) is 19.0 Å². The van der Waals surface area contributed by atoms with Gasteiger partial charge in [-0.15, -0.1) is 11.3 Å². The Morgan fingerprint density at radius 1 is 1.20 bits per heavy atom. The Morgan fingerprint density at radius 3 is 2.55 bits per heavy atom. The van der Waals surface area contributed by atoms with Gasteiger partial charge in [-0.1, -0.05) is 12.1 Å². The number of thiophene rings is 1. The summed E-state index contributed by atoms with van der Waals surface area (Å²) in [5, 5.41) is 2.00. The van der Waals surface area contributed by atoms with Crippen LogP contribution in [0, 0.1) is 0 Å². The SMILES string of the molecule is CN(C)CCCOc1ccc(-c2csc(C=O)c2)cc1. The monoisotopic (exact) mass is 289 g/mol. The van der Waals surface area contributed by atoms with Crippen LogP contribution in [0.2, 0.25) is 0 Å². The summed E-state index contributed by atoms with van der Waals surface area (Å²) in [7, 11) is 4.12. The molecule has 0 saturated heterocycles. The van der Waals surface area contributed by atoms with Crippen LogP contribution in [0.25, 0.3) is 11.1 Å². The lowest BCUT2D eigenvalue weighted by atomic mass is 10.1. The van der Waals surface area contributed by atoms with Crippen LogP contribution in [0.1, 0.15) is 16.1 Å². The van der Waals surface area contributed by atoms with Crippen LogP contribution >= 0.6 is 11.3 Å². The van der Waals surface area contributed by atoms with E-state index < -0.39 is 0 Å². The number of aldehydes is 1. The fourth-order valence-corrected chi connectivity index (χ4v) is 2.60. The zero-order chi connectivity index (χ0) is 14.4. The van der Waals surface area contributed by atoms with Gasteiger partial charge >= 0.3 is 0 Å². The van der Waals surface area contributed by atoms with Crippen molar-refractivity contribution < 1.29 is 9.53 Å². The molecule has 0 aliphatic carbocycles. The van der Waals surface area contributed by atoms with Crippen molar-refractivity contribution in [2.45, 2.75) is 6.42 Å². The van der Waals surface area contributed by atoms with Crippen LogP contribution in [-0.4, -0.2) is 38.4 Å². The first-order valence-electron chi connectivity index (χ1n) is 6.61. The molecule has 0 unspecified atom stereocenters. The van der Waals surface area contributed by atoms with Crippen molar-refractivity contribution in [3.63, 3.8) is 0 Å². The van der Waals surface area contributed by atoms with Gasteiger partial charge in [0.1, 0.15) is 5.75 Å². The maximum Gasteiger partial charge on any atom is 0.160 e. The summed E-state index contributed by atoms with van der Waals surface area (Å²) in [4.78, 5) is 13.6. The van der Waals surface area contributed by atoms with Gasteiger partial charge in [0.15, 0.2) is 6.29 Å². The van der Waals surface area contributed by atoms with E-state index in [1.165, 1.54) is 11.3 Å². The fourth-order valence-electron chi connectivity index (χ4n) is 1.88. The van der Waals surface area contributed by atoms with Gasteiger partial charge < -0.3 is 9.64 Å². The first-order valence-corrected chi connectivity index (χ1v) is 7.48. The Balaban J connectivity index is 1.91. The number of rotatable bonds is 7. The van der Waals surface area contributed by atoms with Gasteiger partial charge in [-0.2, -0.15) is 0 Å². The van der Waals surface area contributed by atoms with Crippen molar-refractivity contribution in [3.8, 4) is 16.9 Å². The largest absolute Gasteiger partial charge is 0.494 e. The lowest BCUT2D eigenvalue weighted by Crippen LogP contribution is -2.15. The Hall–Kier alpha value is -1.65. The van der Waals surface area contributed by atoms with Gasteiger partial charge in [-0.3, -0.25) is 4.79 Å². The van der Waals surface area contributed by atoms with Gasteiger partial charge in [0, 0.05) is 6.54 Å². The third-order valence-electron chi connectivity index (χ3n) is 2.94. The molecule has 4 heteroatoms. The molecule has 0 amide bonds. The first-order chi connectivity index (χ1) is 9.69. The topological polar surface area (TPSA) is 29.5 Å². The summed E-state index contributed by atoms with van der Waals surface area (Å²) in [5.74, 6) is 0.887. The molecular weight excluding hydrogens is 270 g/mol. The van der Waals surface area contributed by atoms with Crippen molar-refractivity contribution in [2.24, 2.45) is 0 Å².